The number of benzene rings is 1. The number of nitrogens with zero attached hydrogens (tertiary/aromatic N) is 3. The van der Waals surface area contributed by atoms with Crippen LogP contribution < -0.4 is 5.32 Å². The van der Waals surface area contributed by atoms with E-state index in [9.17, 15) is 0 Å². The Morgan fingerprint density at radius 1 is 1.24 bits per heavy atom. The van der Waals surface area contributed by atoms with Crippen LogP contribution >= 0.6 is 0 Å². The van der Waals surface area contributed by atoms with Gasteiger partial charge in [0, 0.05) is 12.7 Å². The van der Waals surface area contributed by atoms with E-state index < -0.39 is 0 Å². The van der Waals surface area contributed by atoms with E-state index in [0.717, 1.165) is 17.1 Å². The van der Waals surface area contributed by atoms with Crippen molar-refractivity contribution in [1.29, 1.82) is 0 Å². The van der Waals surface area contributed by atoms with Gasteiger partial charge in [0.25, 0.3) is 0 Å². The van der Waals surface area contributed by atoms with Gasteiger partial charge in [-0.25, -0.2) is 9.67 Å². The molecule has 0 aliphatic heterocycles. The summed E-state index contributed by atoms with van der Waals surface area (Å²) in [4.78, 5) is 4.23. The highest BCUT2D eigenvalue weighted by atomic mass is 16.4. The van der Waals surface area contributed by atoms with Crippen molar-refractivity contribution in [2.45, 2.75) is 26.4 Å². The number of oxazole rings is 1. The first kappa shape index (κ1) is 13.6. The van der Waals surface area contributed by atoms with Crippen molar-refractivity contribution >= 4 is 0 Å². The van der Waals surface area contributed by atoms with Crippen molar-refractivity contribution in [2.24, 2.45) is 0 Å². The molecule has 1 unspecified atom stereocenters. The predicted molar refractivity (Wildman–Crippen MR) is 80.1 cm³/mol. The van der Waals surface area contributed by atoms with Crippen LogP contribution in [0, 0.1) is 6.92 Å². The fraction of sp³-hybridized carbons (Fsp3) is 0.250. The minimum atomic E-state index is 0.0561. The summed E-state index contributed by atoms with van der Waals surface area (Å²) in [6, 6.07) is 12.1. The molecule has 1 aromatic carbocycles. The van der Waals surface area contributed by atoms with Crippen LogP contribution in [0.4, 0.5) is 0 Å². The fourth-order valence-electron chi connectivity index (χ4n) is 2.10. The zero-order chi connectivity index (χ0) is 14.7. The number of hydrogen-bond donors (Lipinski definition) is 1. The molecule has 2 aromatic heterocycles. The Morgan fingerprint density at radius 3 is 2.76 bits per heavy atom. The van der Waals surface area contributed by atoms with Gasteiger partial charge in [0.05, 0.1) is 23.6 Å². The van der Waals surface area contributed by atoms with Gasteiger partial charge in [-0.3, -0.25) is 0 Å². The fourth-order valence-corrected chi connectivity index (χ4v) is 2.10. The monoisotopic (exact) mass is 282 g/mol. The molecule has 0 fully saturated rings. The second-order valence-electron chi connectivity index (χ2n) is 5.00. The molecule has 5 nitrogen and oxygen atoms in total. The smallest absolute Gasteiger partial charge is 0.211 e. The Bertz CT molecular complexity index is 702. The zero-order valence-corrected chi connectivity index (χ0v) is 12.2. The van der Waals surface area contributed by atoms with Crippen molar-refractivity contribution < 1.29 is 4.42 Å². The van der Waals surface area contributed by atoms with Crippen molar-refractivity contribution in [3.8, 4) is 5.69 Å². The van der Waals surface area contributed by atoms with Gasteiger partial charge in [0.15, 0.2) is 0 Å². The van der Waals surface area contributed by atoms with E-state index in [-0.39, 0.29) is 6.04 Å². The Morgan fingerprint density at radius 2 is 2.05 bits per heavy atom. The molecule has 0 radical (unpaired) electrons. The molecular weight excluding hydrogens is 264 g/mol. The number of aryl methyl sites for hydroxylation is 1. The van der Waals surface area contributed by atoms with Gasteiger partial charge in [-0.1, -0.05) is 18.2 Å². The van der Waals surface area contributed by atoms with Crippen LogP contribution in [0.15, 0.2) is 53.2 Å². The first-order valence-corrected chi connectivity index (χ1v) is 6.98. The number of aromatic nitrogens is 3. The molecule has 3 aromatic rings. The quantitative estimate of drug-likeness (QED) is 0.781. The molecule has 21 heavy (non-hydrogen) atoms. The first-order chi connectivity index (χ1) is 10.2. The Kier molecular flexibility index (Phi) is 3.83. The summed E-state index contributed by atoms with van der Waals surface area (Å²) in [5, 5.41) is 7.92. The molecule has 5 heteroatoms. The van der Waals surface area contributed by atoms with Gasteiger partial charge in [0.2, 0.25) is 5.89 Å². The summed E-state index contributed by atoms with van der Waals surface area (Å²) in [7, 11) is 0. The highest BCUT2D eigenvalue weighted by molar-refractivity contribution is 5.30. The molecular formula is C16H18N4O. The number of para-hydroxylation sites is 1. The molecule has 0 bridgehead atoms. The summed E-state index contributed by atoms with van der Waals surface area (Å²) in [6.07, 6.45) is 3.70. The number of hydrogen-bond acceptors (Lipinski definition) is 4. The first-order valence-electron chi connectivity index (χ1n) is 6.98. The van der Waals surface area contributed by atoms with Crippen molar-refractivity contribution in [3.05, 3.63) is 66.1 Å². The lowest BCUT2D eigenvalue weighted by Crippen LogP contribution is -2.18. The Balaban J connectivity index is 1.63. The van der Waals surface area contributed by atoms with E-state index in [2.05, 4.69) is 15.4 Å². The molecule has 2 heterocycles. The summed E-state index contributed by atoms with van der Waals surface area (Å²) in [6.45, 7) is 4.59. The van der Waals surface area contributed by atoms with Crippen molar-refractivity contribution in [1.82, 2.24) is 20.1 Å². The van der Waals surface area contributed by atoms with E-state index in [0.29, 0.717) is 12.4 Å². The van der Waals surface area contributed by atoms with Crippen molar-refractivity contribution in [2.75, 3.05) is 0 Å². The lowest BCUT2D eigenvalue weighted by atomic mass is 10.3. The van der Waals surface area contributed by atoms with Crippen LogP contribution in [-0.2, 0) is 6.54 Å². The zero-order valence-electron chi connectivity index (χ0n) is 12.2. The van der Waals surface area contributed by atoms with Gasteiger partial charge in [0.1, 0.15) is 5.76 Å². The maximum Gasteiger partial charge on any atom is 0.211 e. The van der Waals surface area contributed by atoms with Crippen molar-refractivity contribution in [3.63, 3.8) is 0 Å². The lowest BCUT2D eigenvalue weighted by molar-refractivity contribution is 0.401. The van der Waals surface area contributed by atoms with Gasteiger partial charge < -0.3 is 9.73 Å². The minimum Gasteiger partial charge on any atom is -0.444 e. The maximum absolute atomic E-state index is 5.51. The third-order valence-corrected chi connectivity index (χ3v) is 3.26. The molecule has 0 aliphatic rings. The van der Waals surface area contributed by atoms with E-state index in [1.54, 1.807) is 6.20 Å². The topological polar surface area (TPSA) is 55.9 Å². The summed E-state index contributed by atoms with van der Waals surface area (Å²) < 4.78 is 7.38. The van der Waals surface area contributed by atoms with Crippen LogP contribution in [0.25, 0.3) is 5.69 Å². The van der Waals surface area contributed by atoms with Gasteiger partial charge in [-0.15, -0.1) is 0 Å². The van der Waals surface area contributed by atoms with E-state index >= 15 is 0 Å². The molecule has 0 aliphatic carbocycles. The third kappa shape index (κ3) is 3.20. The molecule has 1 N–H and O–H groups in total. The molecule has 0 amide bonds. The molecule has 108 valence electrons. The molecule has 1 atom stereocenters. The normalized spacial score (nSPS) is 12.5. The van der Waals surface area contributed by atoms with Crippen LogP contribution in [0.3, 0.4) is 0 Å². The highest BCUT2D eigenvalue weighted by Crippen LogP contribution is 2.13. The Labute approximate surface area is 123 Å². The summed E-state index contributed by atoms with van der Waals surface area (Å²) >= 11 is 0. The summed E-state index contributed by atoms with van der Waals surface area (Å²) in [5.74, 6) is 1.53. The van der Waals surface area contributed by atoms with Gasteiger partial charge in [-0.05, 0) is 32.0 Å². The standard InChI is InChI=1S/C16H18N4O/c1-12-10-18-16(21-12)13(2)17-11-14-8-9-20(19-14)15-6-4-3-5-7-15/h3-10,13,17H,11H2,1-2H3. The minimum absolute atomic E-state index is 0.0561. The maximum atomic E-state index is 5.51. The second-order valence-corrected chi connectivity index (χ2v) is 5.00. The second kappa shape index (κ2) is 5.93. The molecule has 0 spiro atoms. The van der Waals surface area contributed by atoms with E-state index in [1.807, 2.05) is 61.1 Å². The van der Waals surface area contributed by atoms with E-state index in [4.69, 9.17) is 4.42 Å². The van der Waals surface area contributed by atoms with Crippen LogP contribution in [0.2, 0.25) is 0 Å². The number of nitrogens with one attached hydrogen (secondary N) is 1. The molecule has 3 rings (SSSR count). The third-order valence-electron chi connectivity index (χ3n) is 3.26. The van der Waals surface area contributed by atoms with Gasteiger partial charge >= 0.3 is 0 Å². The summed E-state index contributed by atoms with van der Waals surface area (Å²) in [5.41, 5.74) is 2.04. The lowest BCUT2D eigenvalue weighted by Gasteiger charge is -2.08. The van der Waals surface area contributed by atoms with E-state index in [1.165, 1.54) is 0 Å². The van der Waals surface area contributed by atoms with Crippen LogP contribution in [0.5, 0.6) is 0 Å². The largest absolute Gasteiger partial charge is 0.444 e. The average molecular weight is 282 g/mol. The number of rotatable bonds is 5. The Hall–Kier alpha value is -2.40. The van der Waals surface area contributed by atoms with Crippen LogP contribution in [0.1, 0.15) is 30.3 Å². The van der Waals surface area contributed by atoms with Gasteiger partial charge in [-0.2, -0.15) is 5.10 Å². The molecule has 0 saturated carbocycles. The van der Waals surface area contributed by atoms with Crippen LogP contribution in [-0.4, -0.2) is 14.8 Å². The SMILES string of the molecule is Cc1cnc(C(C)NCc2ccn(-c3ccccc3)n2)o1. The average Bonchev–Trinajstić information content (AvgIpc) is 3.15. The molecule has 0 saturated heterocycles. The predicted octanol–water partition coefficient (Wildman–Crippen LogP) is 3.02. The highest BCUT2D eigenvalue weighted by Gasteiger charge is 2.11.